The summed E-state index contributed by atoms with van der Waals surface area (Å²) in [5.74, 6) is 1.78. The monoisotopic (exact) mass is 428 g/mol. The number of rotatable bonds is 4. The number of aromatic nitrogens is 4. The van der Waals surface area contributed by atoms with Crippen LogP contribution < -0.4 is 4.90 Å². The first kappa shape index (κ1) is 19.7. The molecule has 2 saturated carbocycles. The Morgan fingerprint density at radius 2 is 1.94 bits per heavy atom. The number of fused-ring (bicyclic) bond motifs is 1. The summed E-state index contributed by atoms with van der Waals surface area (Å²) in [7, 11) is 0. The number of anilines is 1. The fourth-order valence-electron chi connectivity index (χ4n) is 5.78. The van der Waals surface area contributed by atoms with E-state index >= 15 is 0 Å². The third-order valence-corrected chi connectivity index (χ3v) is 8.01. The van der Waals surface area contributed by atoms with Crippen molar-refractivity contribution in [3.63, 3.8) is 0 Å². The van der Waals surface area contributed by atoms with Gasteiger partial charge in [0.2, 0.25) is 0 Å². The Balaban J connectivity index is 1.33. The predicted octanol–water partition coefficient (Wildman–Crippen LogP) is 3.75. The van der Waals surface area contributed by atoms with E-state index in [0.717, 1.165) is 54.6 Å². The lowest BCUT2D eigenvalue weighted by atomic mass is 9.57. The van der Waals surface area contributed by atoms with E-state index in [0.29, 0.717) is 11.2 Å². The van der Waals surface area contributed by atoms with Gasteiger partial charge in [-0.3, -0.25) is 0 Å². The van der Waals surface area contributed by atoms with Gasteiger partial charge in [0.25, 0.3) is 0 Å². The van der Waals surface area contributed by atoms with E-state index in [-0.39, 0.29) is 11.3 Å². The van der Waals surface area contributed by atoms with Crippen LogP contribution >= 0.6 is 0 Å². The van der Waals surface area contributed by atoms with Gasteiger partial charge in [0.1, 0.15) is 12.1 Å². The third kappa shape index (κ3) is 3.01. The Labute approximate surface area is 187 Å². The molecular weight excluding hydrogens is 400 g/mol. The second kappa shape index (κ2) is 6.52. The molecule has 3 heterocycles. The molecule has 7 nitrogen and oxygen atoms in total. The molecule has 0 amide bonds. The molecule has 1 atom stereocenters. The molecule has 1 aromatic carbocycles. The highest BCUT2D eigenvalue weighted by molar-refractivity contribution is 5.81. The smallest absolute Gasteiger partial charge is 0.159 e. The van der Waals surface area contributed by atoms with E-state index in [1.807, 2.05) is 30.8 Å². The Morgan fingerprint density at radius 3 is 2.62 bits per heavy atom. The summed E-state index contributed by atoms with van der Waals surface area (Å²) in [4.78, 5) is 11.2. The quantitative estimate of drug-likeness (QED) is 0.681. The summed E-state index contributed by atoms with van der Waals surface area (Å²) in [6.07, 6.45) is 8.86. The maximum Gasteiger partial charge on any atom is 0.159 e. The maximum absolute atomic E-state index is 10.4. The van der Waals surface area contributed by atoms with Gasteiger partial charge in [0.05, 0.1) is 28.8 Å². The minimum atomic E-state index is -0.698. The SMILES string of the molecule is CC(C)(O)C1CCN(c2cc(-n3ncc4ccc(C5(C#N)CC6(CC6)C5)cc43)ncn2)C1. The lowest BCUT2D eigenvalue weighted by molar-refractivity contribution is 0.0263. The van der Waals surface area contributed by atoms with Crippen molar-refractivity contribution in [2.24, 2.45) is 11.3 Å². The topological polar surface area (TPSA) is 90.9 Å². The van der Waals surface area contributed by atoms with E-state index in [1.54, 1.807) is 6.33 Å². The fourth-order valence-corrected chi connectivity index (χ4v) is 5.78. The van der Waals surface area contributed by atoms with Crippen LogP contribution in [0.4, 0.5) is 5.82 Å². The number of hydrogen-bond donors (Lipinski definition) is 1. The van der Waals surface area contributed by atoms with Crippen LogP contribution in [-0.4, -0.2) is 43.5 Å². The van der Waals surface area contributed by atoms with E-state index in [4.69, 9.17) is 0 Å². The van der Waals surface area contributed by atoms with Crippen molar-refractivity contribution in [3.05, 3.63) is 42.4 Å². The van der Waals surface area contributed by atoms with Gasteiger partial charge >= 0.3 is 0 Å². The molecule has 6 rings (SSSR count). The molecule has 32 heavy (non-hydrogen) atoms. The molecule has 1 spiro atoms. The Morgan fingerprint density at radius 1 is 1.16 bits per heavy atom. The van der Waals surface area contributed by atoms with Crippen LogP contribution in [0.1, 0.15) is 51.5 Å². The standard InChI is InChI=1S/C25H28N6O/c1-23(2,32)19-5-8-30(12-19)21-10-22(28-16-27-21)31-20-9-18(4-3-17(20)11-29-31)25(15-26)13-24(14-25)6-7-24/h3-4,9-11,16,19,32H,5-8,12-14H2,1-2H3. The minimum absolute atomic E-state index is 0.216. The van der Waals surface area contributed by atoms with E-state index in [1.165, 1.54) is 12.8 Å². The molecule has 3 aromatic rings. The van der Waals surface area contributed by atoms with Gasteiger partial charge in [0, 0.05) is 30.5 Å². The number of nitriles is 1. The normalized spacial score (nSPS) is 23.3. The van der Waals surface area contributed by atoms with Gasteiger partial charge in [-0.1, -0.05) is 12.1 Å². The van der Waals surface area contributed by atoms with Crippen molar-refractivity contribution >= 4 is 16.7 Å². The first-order chi connectivity index (χ1) is 15.3. The maximum atomic E-state index is 10.4. The second-order valence-corrected chi connectivity index (χ2v) is 10.7. The summed E-state index contributed by atoms with van der Waals surface area (Å²) in [5.41, 5.74) is 1.45. The molecular formula is C25H28N6O. The first-order valence-electron chi connectivity index (χ1n) is 11.5. The van der Waals surface area contributed by atoms with Crippen LogP contribution in [0, 0.1) is 22.7 Å². The Kier molecular flexibility index (Phi) is 4.01. The highest BCUT2D eigenvalue weighted by atomic mass is 16.3. The van der Waals surface area contributed by atoms with Crippen molar-refractivity contribution in [1.29, 1.82) is 5.26 Å². The molecule has 3 aliphatic rings. The summed E-state index contributed by atoms with van der Waals surface area (Å²) in [6.45, 7) is 5.39. The Bertz CT molecular complexity index is 1240. The zero-order valence-corrected chi connectivity index (χ0v) is 18.6. The molecule has 7 heteroatoms. The first-order valence-corrected chi connectivity index (χ1v) is 11.5. The molecule has 1 N–H and O–H groups in total. The van der Waals surface area contributed by atoms with E-state index < -0.39 is 5.60 Å². The summed E-state index contributed by atoms with van der Waals surface area (Å²) < 4.78 is 1.85. The molecule has 2 aromatic heterocycles. The molecule has 164 valence electrons. The molecule has 3 fully saturated rings. The van der Waals surface area contributed by atoms with Crippen LogP contribution in [0.25, 0.3) is 16.7 Å². The highest BCUT2D eigenvalue weighted by Crippen LogP contribution is 2.68. The van der Waals surface area contributed by atoms with Crippen LogP contribution in [0.5, 0.6) is 0 Å². The van der Waals surface area contributed by atoms with E-state index in [2.05, 4.69) is 44.2 Å². The van der Waals surface area contributed by atoms with Gasteiger partial charge in [0.15, 0.2) is 5.82 Å². The lowest BCUT2D eigenvalue weighted by Crippen LogP contribution is -2.41. The molecule has 1 unspecified atom stereocenters. The van der Waals surface area contributed by atoms with Gasteiger partial charge in [-0.25, -0.2) is 14.6 Å². The van der Waals surface area contributed by atoms with Crippen molar-refractivity contribution in [3.8, 4) is 11.9 Å². The highest BCUT2D eigenvalue weighted by Gasteiger charge is 2.61. The second-order valence-electron chi connectivity index (χ2n) is 10.7. The van der Waals surface area contributed by atoms with Crippen LogP contribution in [0.2, 0.25) is 0 Å². The average molecular weight is 429 g/mol. The van der Waals surface area contributed by atoms with Gasteiger partial charge in [-0.2, -0.15) is 10.4 Å². The van der Waals surface area contributed by atoms with Crippen molar-refractivity contribution in [2.45, 2.75) is 57.0 Å². The van der Waals surface area contributed by atoms with Gasteiger partial charge in [-0.05, 0) is 63.0 Å². The summed E-state index contributed by atoms with van der Waals surface area (Å²) >= 11 is 0. The average Bonchev–Trinajstić information content (AvgIpc) is 3.19. The number of hydrogen-bond acceptors (Lipinski definition) is 6. The summed E-state index contributed by atoms with van der Waals surface area (Å²) in [5, 5.41) is 26.0. The number of nitrogens with zero attached hydrogens (tertiary/aromatic N) is 6. The number of benzene rings is 1. The van der Waals surface area contributed by atoms with Crippen molar-refractivity contribution in [2.75, 3.05) is 18.0 Å². The number of aliphatic hydroxyl groups is 1. The molecule has 2 aliphatic carbocycles. The summed E-state index contributed by atoms with van der Waals surface area (Å²) in [6, 6.07) is 10.9. The van der Waals surface area contributed by atoms with Crippen LogP contribution in [-0.2, 0) is 5.41 Å². The van der Waals surface area contributed by atoms with E-state index in [9.17, 15) is 10.4 Å². The minimum Gasteiger partial charge on any atom is -0.390 e. The largest absolute Gasteiger partial charge is 0.390 e. The molecule has 1 saturated heterocycles. The van der Waals surface area contributed by atoms with Crippen molar-refractivity contribution < 1.29 is 5.11 Å². The zero-order chi connectivity index (χ0) is 22.1. The molecule has 1 aliphatic heterocycles. The molecule has 0 radical (unpaired) electrons. The molecule has 0 bridgehead atoms. The predicted molar refractivity (Wildman–Crippen MR) is 121 cm³/mol. The zero-order valence-electron chi connectivity index (χ0n) is 18.6. The lowest BCUT2D eigenvalue weighted by Gasteiger charge is -2.44. The van der Waals surface area contributed by atoms with Crippen LogP contribution in [0.15, 0.2) is 36.8 Å². The fraction of sp³-hybridized carbons (Fsp3) is 0.520. The van der Waals surface area contributed by atoms with Crippen LogP contribution in [0.3, 0.4) is 0 Å². The third-order valence-electron chi connectivity index (χ3n) is 8.01. The van der Waals surface area contributed by atoms with Gasteiger partial charge in [-0.15, -0.1) is 0 Å². The Hall–Kier alpha value is -2.98. The van der Waals surface area contributed by atoms with Crippen molar-refractivity contribution in [1.82, 2.24) is 19.7 Å². The van der Waals surface area contributed by atoms with Gasteiger partial charge < -0.3 is 10.0 Å².